The van der Waals surface area contributed by atoms with Crippen molar-refractivity contribution >= 4 is 21.4 Å². The van der Waals surface area contributed by atoms with Crippen LogP contribution in [0.4, 0.5) is 0 Å². The minimum atomic E-state index is -3.44. The maximum Gasteiger partial charge on any atom is 0.250 e. The van der Waals surface area contributed by atoms with Crippen LogP contribution in [0.2, 0.25) is 0 Å². The number of sulfonamides is 1. The Morgan fingerprint density at radius 1 is 1.45 bits per heavy atom. The first-order valence-electron chi connectivity index (χ1n) is 6.91. The van der Waals surface area contributed by atoms with Gasteiger partial charge in [0.2, 0.25) is 0 Å². The predicted octanol–water partition coefficient (Wildman–Crippen LogP) is 1.46. The Hall–Kier alpha value is -0.470. The van der Waals surface area contributed by atoms with E-state index in [9.17, 15) is 8.42 Å². The predicted molar refractivity (Wildman–Crippen MR) is 78.3 cm³/mol. The number of thiophene rings is 1. The molecule has 112 valence electrons. The lowest BCUT2D eigenvalue weighted by atomic mass is 10.0. The number of nitrogens with one attached hydrogen (secondary N) is 2. The lowest BCUT2D eigenvalue weighted by Crippen LogP contribution is -2.46. The van der Waals surface area contributed by atoms with E-state index in [0.717, 1.165) is 11.4 Å². The highest BCUT2D eigenvalue weighted by molar-refractivity contribution is 7.91. The number of hydrogen-bond acceptors (Lipinski definition) is 5. The lowest BCUT2D eigenvalue weighted by molar-refractivity contribution is 0.178. The third kappa shape index (κ3) is 3.40. The molecule has 2 heterocycles. The maximum atomic E-state index is 12.4. The van der Waals surface area contributed by atoms with Crippen LogP contribution >= 0.6 is 11.3 Å². The zero-order chi connectivity index (χ0) is 14.2. The van der Waals surface area contributed by atoms with Crippen LogP contribution in [-0.2, 0) is 21.3 Å². The maximum absolute atomic E-state index is 12.4. The molecule has 0 bridgehead atoms. The smallest absolute Gasteiger partial charge is 0.250 e. The van der Waals surface area contributed by atoms with Crippen molar-refractivity contribution in [3.8, 4) is 0 Å². The van der Waals surface area contributed by atoms with Crippen molar-refractivity contribution in [1.82, 2.24) is 10.0 Å². The number of rotatable bonds is 6. The molecule has 1 aliphatic carbocycles. The second-order valence-electron chi connectivity index (χ2n) is 5.84. The first-order chi connectivity index (χ1) is 9.47. The van der Waals surface area contributed by atoms with Gasteiger partial charge in [0, 0.05) is 24.1 Å². The molecule has 20 heavy (non-hydrogen) atoms. The quantitative estimate of drug-likeness (QED) is 0.834. The average Bonchev–Trinajstić information content (AvgIpc) is 2.90. The number of hydrogen-bond donors (Lipinski definition) is 2. The third-order valence-electron chi connectivity index (χ3n) is 3.64. The van der Waals surface area contributed by atoms with Crippen LogP contribution in [0.5, 0.6) is 0 Å². The summed E-state index contributed by atoms with van der Waals surface area (Å²) in [5.74, 6) is 0. The van der Waals surface area contributed by atoms with Crippen molar-refractivity contribution in [1.29, 1.82) is 0 Å². The van der Waals surface area contributed by atoms with Gasteiger partial charge in [-0.3, -0.25) is 0 Å². The standard InChI is InChI=1S/C13H20N2O3S2/c1-13(6-7-18-9-13)15-20(16,17)12-5-4-11(19-12)8-14-10-2-3-10/h4-5,10,14-15H,2-3,6-9H2,1H3. The average molecular weight is 316 g/mol. The van der Waals surface area contributed by atoms with Crippen molar-refractivity contribution < 1.29 is 13.2 Å². The molecule has 1 atom stereocenters. The highest BCUT2D eigenvalue weighted by atomic mass is 32.2. The highest BCUT2D eigenvalue weighted by Gasteiger charge is 2.35. The summed E-state index contributed by atoms with van der Waals surface area (Å²) < 4.78 is 33.2. The van der Waals surface area contributed by atoms with Crippen LogP contribution in [0.3, 0.4) is 0 Å². The molecule has 0 radical (unpaired) electrons. The number of ether oxygens (including phenoxy) is 1. The summed E-state index contributed by atoms with van der Waals surface area (Å²) in [6.45, 7) is 3.69. The molecule has 5 nitrogen and oxygen atoms in total. The summed E-state index contributed by atoms with van der Waals surface area (Å²) >= 11 is 1.34. The molecule has 2 N–H and O–H groups in total. The lowest BCUT2D eigenvalue weighted by Gasteiger charge is -2.22. The fraction of sp³-hybridized carbons (Fsp3) is 0.692. The molecule has 0 aromatic carbocycles. The van der Waals surface area contributed by atoms with Gasteiger partial charge in [-0.1, -0.05) is 0 Å². The van der Waals surface area contributed by atoms with E-state index in [0.29, 0.717) is 29.9 Å². The molecule has 0 spiro atoms. The summed E-state index contributed by atoms with van der Waals surface area (Å²) in [6.07, 6.45) is 3.18. The fourth-order valence-electron chi connectivity index (χ4n) is 2.25. The normalized spacial score (nSPS) is 27.1. The molecular weight excluding hydrogens is 296 g/mol. The van der Waals surface area contributed by atoms with Crippen molar-refractivity contribution in [2.75, 3.05) is 13.2 Å². The van der Waals surface area contributed by atoms with Crippen molar-refractivity contribution in [3.05, 3.63) is 17.0 Å². The van der Waals surface area contributed by atoms with Crippen LogP contribution in [-0.4, -0.2) is 33.2 Å². The molecule has 1 aliphatic heterocycles. The summed E-state index contributed by atoms with van der Waals surface area (Å²) in [4.78, 5) is 1.06. The molecular formula is C13H20N2O3S2. The van der Waals surface area contributed by atoms with Crippen molar-refractivity contribution in [3.63, 3.8) is 0 Å². The molecule has 7 heteroatoms. The first kappa shape index (κ1) is 14.5. The van der Waals surface area contributed by atoms with Crippen LogP contribution in [0, 0.1) is 0 Å². The van der Waals surface area contributed by atoms with Gasteiger partial charge in [-0.2, -0.15) is 0 Å². The van der Waals surface area contributed by atoms with Crippen LogP contribution in [0.25, 0.3) is 0 Å². The molecule has 1 unspecified atom stereocenters. The zero-order valence-corrected chi connectivity index (χ0v) is 13.1. The molecule has 3 rings (SSSR count). The Morgan fingerprint density at radius 2 is 2.25 bits per heavy atom. The van der Waals surface area contributed by atoms with Gasteiger partial charge >= 0.3 is 0 Å². The topological polar surface area (TPSA) is 67.4 Å². The van der Waals surface area contributed by atoms with E-state index in [4.69, 9.17) is 4.74 Å². The van der Waals surface area contributed by atoms with Gasteiger partial charge in [0.05, 0.1) is 12.1 Å². The molecule has 1 saturated heterocycles. The second kappa shape index (κ2) is 5.38. The summed E-state index contributed by atoms with van der Waals surface area (Å²) in [5, 5.41) is 3.39. The van der Waals surface area contributed by atoms with Gasteiger partial charge in [0.1, 0.15) is 4.21 Å². The highest BCUT2D eigenvalue weighted by Crippen LogP contribution is 2.26. The molecule has 1 aromatic rings. The summed E-state index contributed by atoms with van der Waals surface area (Å²) in [5.41, 5.74) is -0.477. The minimum absolute atomic E-state index is 0.387. The SMILES string of the molecule is CC1(NS(=O)(=O)c2ccc(CNC3CC3)s2)CCOC1. The van der Waals surface area contributed by atoms with Gasteiger partial charge in [0.15, 0.2) is 0 Å². The van der Waals surface area contributed by atoms with Crippen LogP contribution < -0.4 is 10.0 Å². The van der Waals surface area contributed by atoms with Crippen LogP contribution in [0.1, 0.15) is 31.1 Å². The Labute approximate surface area is 123 Å². The molecule has 0 amide bonds. The second-order valence-corrected chi connectivity index (χ2v) is 8.92. The van der Waals surface area contributed by atoms with Gasteiger partial charge in [-0.25, -0.2) is 13.1 Å². The largest absolute Gasteiger partial charge is 0.379 e. The zero-order valence-electron chi connectivity index (χ0n) is 11.5. The Kier molecular flexibility index (Phi) is 3.89. The van der Waals surface area contributed by atoms with Crippen LogP contribution in [0.15, 0.2) is 16.3 Å². The Bertz CT molecular complexity index is 572. The molecule has 2 fully saturated rings. The van der Waals surface area contributed by atoms with Gasteiger partial charge in [-0.15, -0.1) is 11.3 Å². The van der Waals surface area contributed by atoms with E-state index in [1.165, 1.54) is 24.2 Å². The Morgan fingerprint density at radius 3 is 2.90 bits per heavy atom. The minimum Gasteiger partial charge on any atom is -0.379 e. The van der Waals surface area contributed by atoms with E-state index in [2.05, 4.69) is 10.0 Å². The van der Waals surface area contributed by atoms with E-state index < -0.39 is 15.6 Å². The fourth-order valence-corrected chi connectivity index (χ4v) is 4.98. The molecule has 2 aliphatic rings. The Balaban J connectivity index is 1.66. The monoisotopic (exact) mass is 316 g/mol. The van der Waals surface area contributed by atoms with Gasteiger partial charge in [-0.05, 0) is 38.3 Å². The van der Waals surface area contributed by atoms with Gasteiger partial charge < -0.3 is 10.1 Å². The van der Waals surface area contributed by atoms with E-state index in [1.807, 2.05) is 13.0 Å². The third-order valence-corrected chi connectivity index (χ3v) is 6.86. The van der Waals surface area contributed by atoms with E-state index in [-0.39, 0.29) is 0 Å². The first-order valence-corrected chi connectivity index (χ1v) is 9.21. The molecule has 1 aromatic heterocycles. The van der Waals surface area contributed by atoms with E-state index in [1.54, 1.807) is 6.07 Å². The van der Waals surface area contributed by atoms with Gasteiger partial charge in [0.25, 0.3) is 10.0 Å². The van der Waals surface area contributed by atoms with Crippen molar-refractivity contribution in [2.24, 2.45) is 0 Å². The molecule has 1 saturated carbocycles. The van der Waals surface area contributed by atoms with Crippen molar-refractivity contribution in [2.45, 2.75) is 48.5 Å². The summed E-state index contributed by atoms with van der Waals surface area (Å²) in [6, 6.07) is 4.21. The van der Waals surface area contributed by atoms with E-state index >= 15 is 0 Å². The summed E-state index contributed by atoms with van der Waals surface area (Å²) in [7, 11) is -3.44.